The molecule has 1 atom stereocenters. The first kappa shape index (κ1) is 18.0. The number of nitrogens with zero attached hydrogens (tertiary/aromatic N) is 2. The number of para-hydroxylation sites is 2. The van der Waals surface area contributed by atoms with Crippen LogP contribution in [-0.4, -0.2) is 42.0 Å². The van der Waals surface area contributed by atoms with Crippen LogP contribution in [0.3, 0.4) is 0 Å². The number of anilines is 1. The van der Waals surface area contributed by atoms with Crippen molar-refractivity contribution >= 4 is 17.3 Å². The average molecular weight is 359 g/mol. The molecule has 1 aliphatic heterocycles. The van der Waals surface area contributed by atoms with Crippen molar-refractivity contribution in [2.45, 2.75) is 6.10 Å². The van der Waals surface area contributed by atoms with E-state index in [1.807, 2.05) is 4.90 Å². The molecule has 1 N–H and O–H groups in total. The zero-order chi connectivity index (χ0) is 18.5. The van der Waals surface area contributed by atoms with Crippen molar-refractivity contribution in [2.24, 2.45) is 0 Å². The highest BCUT2D eigenvalue weighted by molar-refractivity contribution is 5.94. The molecular formula is C18H18FN3O4. The number of rotatable bonds is 5. The van der Waals surface area contributed by atoms with Gasteiger partial charge in [0.05, 0.1) is 24.2 Å². The number of halogens is 1. The molecule has 26 heavy (non-hydrogen) atoms. The second-order valence-corrected chi connectivity index (χ2v) is 5.97. The summed E-state index contributed by atoms with van der Waals surface area (Å²) >= 11 is 0. The summed E-state index contributed by atoms with van der Waals surface area (Å²) in [6.45, 7) is 1.59. The van der Waals surface area contributed by atoms with Crippen molar-refractivity contribution in [3.05, 3.63) is 70.0 Å². The molecule has 1 fully saturated rings. The summed E-state index contributed by atoms with van der Waals surface area (Å²) in [4.78, 5) is 24.7. The number of nitrogens with one attached hydrogen (secondary N) is 1. The largest absolute Gasteiger partial charge is 0.371 e. The molecule has 8 heteroatoms. The van der Waals surface area contributed by atoms with Gasteiger partial charge >= 0.3 is 0 Å². The molecule has 0 unspecified atom stereocenters. The Kier molecular flexibility index (Phi) is 5.55. The molecule has 0 saturated carbocycles. The molecule has 0 aromatic heterocycles. The van der Waals surface area contributed by atoms with Gasteiger partial charge in [-0.2, -0.15) is 0 Å². The summed E-state index contributed by atoms with van der Waals surface area (Å²) in [5.41, 5.74) is 0.869. The van der Waals surface area contributed by atoms with E-state index in [4.69, 9.17) is 4.74 Å². The Labute approximate surface area is 149 Å². The number of nitro benzene ring substituents is 1. The van der Waals surface area contributed by atoms with Crippen LogP contribution in [0.2, 0.25) is 0 Å². The lowest BCUT2D eigenvalue weighted by Gasteiger charge is -2.32. The van der Waals surface area contributed by atoms with E-state index in [2.05, 4.69) is 5.32 Å². The summed E-state index contributed by atoms with van der Waals surface area (Å²) < 4.78 is 18.7. The molecular weight excluding hydrogens is 341 g/mol. The van der Waals surface area contributed by atoms with Gasteiger partial charge in [0.15, 0.2) is 0 Å². The van der Waals surface area contributed by atoms with Crippen molar-refractivity contribution in [3.63, 3.8) is 0 Å². The van der Waals surface area contributed by atoms with E-state index >= 15 is 0 Å². The fraction of sp³-hybridized carbons (Fsp3) is 0.278. The molecule has 0 radical (unpaired) electrons. The van der Waals surface area contributed by atoms with E-state index in [0.29, 0.717) is 19.7 Å². The zero-order valence-corrected chi connectivity index (χ0v) is 13.9. The van der Waals surface area contributed by atoms with E-state index in [-0.39, 0.29) is 35.7 Å². The minimum absolute atomic E-state index is 0.0904. The lowest BCUT2D eigenvalue weighted by atomic mass is 10.1. The fourth-order valence-corrected chi connectivity index (χ4v) is 2.86. The number of ether oxygens (including phenoxy) is 1. The Morgan fingerprint density at radius 1 is 1.27 bits per heavy atom. The van der Waals surface area contributed by atoms with Crippen LogP contribution >= 0.6 is 0 Å². The summed E-state index contributed by atoms with van der Waals surface area (Å²) in [5.74, 6) is -0.649. The Morgan fingerprint density at radius 3 is 2.73 bits per heavy atom. The second-order valence-electron chi connectivity index (χ2n) is 5.97. The van der Waals surface area contributed by atoms with Gasteiger partial charge in [0.1, 0.15) is 11.5 Å². The van der Waals surface area contributed by atoms with Gasteiger partial charge in [0, 0.05) is 19.2 Å². The number of benzene rings is 2. The maximum atomic E-state index is 13.0. The standard InChI is InChI=1S/C18H18FN3O4/c19-14-7-5-13(6-8-14)17-11-21(9-10-26-17)12-18(23)20-15-3-1-2-4-16(15)22(24)25/h1-8,17H,9-12H2,(H,20,23)/t17-/m1/s1. The SMILES string of the molecule is O=C(CN1CCO[C@@H](c2ccc(F)cc2)C1)Nc1ccccc1[N+](=O)[O-]. The van der Waals surface area contributed by atoms with Gasteiger partial charge in [0.25, 0.3) is 5.69 Å². The zero-order valence-electron chi connectivity index (χ0n) is 13.9. The number of carbonyl (C=O) groups is 1. The van der Waals surface area contributed by atoms with Crippen LogP contribution in [0.4, 0.5) is 15.8 Å². The van der Waals surface area contributed by atoms with E-state index < -0.39 is 4.92 Å². The molecule has 136 valence electrons. The Bertz CT molecular complexity index is 797. The highest BCUT2D eigenvalue weighted by Crippen LogP contribution is 2.24. The summed E-state index contributed by atoms with van der Waals surface area (Å²) in [7, 11) is 0. The number of nitro groups is 1. The first-order chi connectivity index (χ1) is 12.5. The second kappa shape index (κ2) is 8.03. The summed E-state index contributed by atoms with van der Waals surface area (Å²) in [5, 5.41) is 13.6. The smallest absolute Gasteiger partial charge is 0.292 e. The number of amides is 1. The molecule has 7 nitrogen and oxygen atoms in total. The van der Waals surface area contributed by atoms with Crippen LogP contribution < -0.4 is 5.32 Å². The number of hydrogen-bond donors (Lipinski definition) is 1. The summed E-state index contributed by atoms with van der Waals surface area (Å²) in [6, 6.07) is 12.1. The number of hydrogen-bond acceptors (Lipinski definition) is 5. The number of morpholine rings is 1. The normalized spacial score (nSPS) is 17.7. The first-order valence-corrected chi connectivity index (χ1v) is 8.15. The van der Waals surface area contributed by atoms with Gasteiger partial charge in [-0.25, -0.2) is 4.39 Å². The molecule has 1 amide bonds. The molecule has 0 bridgehead atoms. The highest BCUT2D eigenvalue weighted by atomic mass is 19.1. The van der Waals surface area contributed by atoms with Crippen molar-refractivity contribution in [1.82, 2.24) is 4.90 Å². The van der Waals surface area contributed by atoms with Crippen molar-refractivity contribution in [1.29, 1.82) is 0 Å². The molecule has 0 aliphatic carbocycles. The van der Waals surface area contributed by atoms with Crippen LogP contribution in [0.1, 0.15) is 11.7 Å². The molecule has 2 aromatic carbocycles. The Hall–Kier alpha value is -2.84. The van der Waals surface area contributed by atoms with Gasteiger partial charge in [-0.15, -0.1) is 0 Å². The van der Waals surface area contributed by atoms with Crippen LogP contribution in [0, 0.1) is 15.9 Å². The Balaban J connectivity index is 1.61. The number of carbonyl (C=O) groups excluding carboxylic acids is 1. The van der Waals surface area contributed by atoms with Gasteiger partial charge in [-0.05, 0) is 23.8 Å². The van der Waals surface area contributed by atoms with E-state index in [1.165, 1.54) is 24.3 Å². The van der Waals surface area contributed by atoms with E-state index in [1.54, 1.807) is 24.3 Å². The molecule has 1 saturated heterocycles. The first-order valence-electron chi connectivity index (χ1n) is 8.15. The quantitative estimate of drug-likeness (QED) is 0.655. The maximum absolute atomic E-state index is 13.0. The summed E-state index contributed by atoms with van der Waals surface area (Å²) in [6.07, 6.45) is -0.247. The minimum Gasteiger partial charge on any atom is -0.371 e. The predicted molar refractivity (Wildman–Crippen MR) is 93.3 cm³/mol. The van der Waals surface area contributed by atoms with Crippen LogP contribution in [0.15, 0.2) is 48.5 Å². The van der Waals surface area contributed by atoms with Crippen molar-refractivity contribution < 1.29 is 18.8 Å². The molecule has 2 aromatic rings. The third kappa shape index (κ3) is 4.41. The van der Waals surface area contributed by atoms with E-state index in [9.17, 15) is 19.3 Å². The van der Waals surface area contributed by atoms with Gasteiger partial charge in [0.2, 0.25) is 5.91 Å². The van der Waals surface area contributed by atoms with Crippen molar-refractivity contribution in [3.8, 4) is 0 Å². The van der Waals surface area contributed by atoms with Crippen molar-refractivity contribution in [2.75, 3.05) is 31.6 Å². The molecule has 1 aliphatic rings. The van der Waals surface area contributed by atoms with Crippen LogP contribution in [-0.2, 0) is 9.53 Å². The van der Waals surface area contributed by atoms with E-state index in [0.717, 1.165) is 5.56 Å². The van der Waals surface area contributed by atoms with Crippen LogP contribution in [0.25, 0.3) is 0 Å². The minimum atomic E-state index is -0.533. The lowest BCUT2D eigenvalue weighted by Crippen LogP contribution is -2.42. The molecule has 0 spiro atoms. The Morgan fingerprint density at radius 2 is 2.00 bits per heavy atom. The maximum Gasteiger partial charge on any atom is 0.292 e. The van der Waals surface area contributed by atoms with Gasteiger partial charge in [-0.3, -0.25) is 19.8 Å². The third-order valence-corrected chi connectivity index (χ3v) is 4.13. The fourth-order valence-electron chi connectivity index (χ4n) is 2.86. The molecule has 1 heterocycles. The highest BCUT2D eigenvalue weighted by Gasteiger charge is 2.24. The monoisotopic (exact) mass is 359 g/mol. The topological polar surface area (TPSA) is 84.7 Å². The van der Waals surface area contributed by atoms with Crippen LogP contribution in [0.5, 0.6) is 0 Å². The third-order valence-electron chi connectivity index (χ3n) is 4.13. The van der Waals surface area contributed by atoms with Gasteiger partial charge in [-0.1, -0.05) is 24.3 Å². The predicted octanol–water partition coefficient (Wildman–Crippen LogP) is 2.75. The molecule has 3 rings (SSSR count). The average Bonchev–Trinajstić information content (AvgIpc) is 2.62. The van der Waals surface area contributed by atoms with Gasteiger partial charge < -0.3 is 10.1 Å². The lowest BCUT2D eigenvalue weighted by molar-refractivity contribution is -0.383.